The van der Waals surface area contributed by atoms with Crippen LogP contribution < -0.4 is 10.2 Å². The van der Waals surface area contributed by atoms with Gasteiger partial charge in [-0.1, -0.05) is 0 Å². The van der Waals surface area contributed by atoms with Crippen LogP contribution in [0.5, 0.6) is 0 Å². The first-order chi connectivity index (χ1) is 8.91. The fraction of sp³-hybridized carbons (Fsp3) is 0.786. The first-order valence-corrected chi connectivity index (χ1v) is 7.70. The number of aromatic nitrogens is 1. The lowest BCUT2D eigenvalue weighted by molar-refractivity contribution is 0.181. The quantitative estimate of drug-likeness (QED) is 0.835. The molecule has 4 nitrogen and oxygen atoms in total. The number of thiazole rings is 1. The predicted octanol–water partition coefficient (Wildman–Crippen LogP) is 3.02. The van der Waals surface area contributed by atoms with Crippen molar-refractivity contribution >= 4 is 16.5 Å². The Morgan fingerprint density at radius 3 is 2.37 bits per heavy atom. The van der Waals surface area contributed by atoms with Crippen molar-refractivity contribution in [2.24, 2.45) is 0 Å². The highest BCUT2D eigenvalue weighted by Gasteiger charge is 2.16. The Hall–Kier alpha value is -0.650. The lowest BCUT2D eigenvalue weighted by Crippen LogP contribution is -2.35. The normalized spacial score (nSPS) is 11.9. The van der Waals surface area contributed by atoms with Gasteiger partial charge in [0.15, 0.2) is 5.13 Å². The van der Waals surface area contributed by atoms with E-state index >= 15 is 0 Å². The minimum atomic E-state index is 0.115. The summed E-state index contributed by atoms with van der Waals surface area (Å²) in [5.41, 5.74) is 1.18. The maximum absolute atomic E-state index is 5.26. The van der Waals surface area contributed by atoms with E-state index < -0.39 is 0 Å². The van der Waals surface area contributed by atoms with Crippen LogP contribution in [-0.4, -0.2) is 30.7 Å². The summed E-state index contributed by atoms with van der Waals surface area (Å²) in [6, 6.07) is 0. The van der Waals surface area contributed by atoms with Crippen LogP contribution in [0, 0.1) is 0 Å². The number of nitrogens with zero attached hydrogens (tertiary/aromatic N) is 2. The molecule has 1 aromatic rings. The summed E-state index contributed by atoms with van der Waals surface area (Å²) in [7, 11) is 1.72. The second kappa shape index (κ2) is 7.22. The third-order valence-electron chi connectivity index (χ3n) is 2.86. The van der Waals surface area contributed by atoms with E-state index in [2.05, 4.69) is 44.8 Å². The highest BCUT2D eigenvalue weighted by Crippen LogP contribution is 2.27. The predicted molar refractivity (Wildman–Crippen MR) is 83.0 cm³/mol. The van der Waals surface area contributed by atoms with Gasteiger partial charge in [-0.3, -0.25) is 0 Å². The summed E-state index contributed by atoms with van der Waals surface area (Å²) in [5, 5.41) is 4.62. The summed E-state index contributed by atoms with van der Waals surface area (Å²) in [4.78, 5) is 8.28. The molecule has 0 fully saturated rings. The standard InChI is InChI=1S/C14H27N3OS/c1-7-17(8-2)13-16-11(10-18-6)12(19-13)9-15-14(3,4)5/h15H,7-10H2,1-6H3. The summed E-state index contributed by atoms with van der Waals surface area (Å²) in [6.07, 6.45) is 0. The summed E-state index contributed by atoms with van der Waals surface area (Å²) < 4.78 is 5.26. The first-order valence-electron chi connectivity index (χ1n) is 6.88. The van der Waals surface area contributed by atoms with Gasteiger partial charge >= 0.3 is 0 Å². The van der Waals surface area contributed by atoms with Crippen molar-refractivity contribution in [2.75, 3.05) is 25.1 Å². The zero-order valence-corrected chi connectivity index (χ0v) is 13.9. The molecule has 0 unspecified atom stereocenters. The van der Waals surface area contributed by atoms with Crippen molar-refractivity contribution in [2.45, 2.75) is 53.3 Å². The average Bonchev–Trinajstić information content (AvgIpc) is 2.71. The van der Waals surface area contributed by atoms with Gasteiger partial charge in [-0.25, -0.2) is 4.98 Å². The van der Waals surface area contributed by atoms with Gasteiger partial charge in [0.25, 0.3) is 0 Å². The number of hydrogen-bond acceptors (Lipinski definition) is 5. The molecule has 0 aliphatic heterocycles. The van der Waals surface area contributed by atoms with Crippen LogP contribution in [0.1, 0.15) is 45.2 Å². The van der Waals surface area contributed by atoms with Gasteiger partial charge in [0.1, 0.15) is 0 Å². The van der Waals surface area contributed by atoms with Crippen molar-refractivity contribution in [3.8, 4) is 0 Å². The van der Waals surface area contributed by atoms with Crippen LogP contribution >= 0.6 is 11.3 Å². The largest absolute Gasteiger partial charge is 0.378 e. The first kappa shape index (κ1) is 16.4. The molecular weight excluding hydrogens is 258 g/mol. The molecule has 0 aliphatic carbocycles. The van der Waals surface area contributed by atoms with Crippen LogP contribution in [0.3, 0.4) is 0 Å². The second-order valence-corrected chi connectivity index (χ2v) is 6.64. The van der Waals surface area contributed by atoms with Crippen LogP contribution in [-0.2, 0) is 17.9 Å². The molecule has 110 valence electrons. The molecule has 19 heavy (non-hydrogen) atoms. The highest BCUT2D eigenvalue weighted by molar-refractivity contribution is 7.15. The molecule has 0 bridgehead atoms. The molecule has 1 rings (SSSR count). The Morgan fingerprint density at radius 2 is 1.89 bits per heavy atom. The van der Waals surface area contributed by atoms with Crippen molar-refractivity contribution in [3.63, 3.8) is 0 Å². The number of nitrogens with one attached hydrogen (secondary N) is 1. The third-order valence-corrected chi connectivity index (χ3v) is 4.02. The van der Waals surface area contributed by atoms with E-state index in [9.17, 15) is 0 Å². The van der Waals surface area contributed by atoms with Gasteiger partial charge in [-0.15, -0.1) is 11.3 Å². The maximum atomic E-state index is 5.26. The van der Waals surface area contributed by atoms with Crippen LogP contribution in [0.25, 0.3) is 0 Å². The number of rotatable bonds is 7. The Bertz CT molecular complexity index is 381. The van der Waals surface area contributed by atoms with Gasteiger partial charge in [0.2, 0.25) is 0 Å². The van der Waals surface area contributed by atoms with Crippen LogP contribution in [0.15, 0.2) is 0 Å². The average molecular weight is 285 g/mol. The molecule has 1 N–H and O–H groups in total. The number of methoxy groups -OCH3 is 1. The lowest BCUT2D eigenvalue weighted by atomic mass is 10.1. The van der Waals surface area contributed by atoms with E-state index in [-0.39, 0.29) is 5.54 Å². The summed E-state index contributed by atoms with van der Waals surface area (Å²) in [6.45, 7) is 14.3. The van der Waals surface area contributed by atoms with E-state index in [0.29, 0.717) is 6.61 Å². The molecule has 0 aliphatic rings. The van der Waals surface area contributed by atoms with E-state index in [1.165, 1.54) is 4.88 Å². The fourth-order valence-electron chi connectivity index (χ4n) is 1.73. The minimum Gasteiger partial charge on any atom is -0.378 e. The zero-order chi connectivity index (χ0) is 14.5. The molecule has 0 spiro atoms. The Labute approximate surface area is 121 Å². The van der Waals surface area contributed by atoms with Gasteiger partial charge in [-0.2, -0.15) is 0 Å². The SMILES string of the molecule is CCN(CC)c1nc(COC)c(CNC(C)(C)C)s1. The topological polar surface area (TPSA) is 37.4 Å². The molecule has 0 saturated heterocycles. The van der Waals surface area contributed by atoms with Crippen molar-refractivity contribution in [1.82, 2.24) is 10.3 Å². The van der Waals surface area contributed by atoms with Gasteiger partial charge in [0, 0.05) is 37.2 Å². The van der Waals surface area contributed by atoms with Gasteiger partial charge in [0.05, 0.1) is 12.3 Å². The van der Waals surface area contributed by atoms with E-state index in [4.69, 9.17) is 9.72 Å². The van der Waals surface area contributed by atoms with Crippen molar-refractivity contribution < 1.29 is 4.74 Å². The molecule has 1 aromatic heterocycles. The minimum absolute atomic E-state index is 0.115. The second-order valence-electron chi connectivity index (χ2n) is 5.58. The summed E-state index contributed by atoms with van der Waals surface area (Å²) >= 11 is 1.77. The Morgan fingerprint density at radius 1 is 1.26 bits per heavy atom. The van der Waals surface area contributed by atoms with Crippen molar-refractivity contribution in [1.29, 1.82) is 0 Å². The summed E-state index contributed by atoms with van der Waals surface area (Å²) in [5.74, 6) is 0. The zero-order valence-electron chi connectivity index (χ0n) is 13.0. The van der Waals surface area contributed by atoms with Gasteiger partial charge in [-0.05, 0) is 34.6 Å². The monoisotopic (exact) mass is 285 g/mol. The van der Waals surface area contributed by atoms with Crippen LogP contribution in [0.2, 0.25) is 0 Å². The molecule has 0 amide bonds. The Kier molecular flexibility index (Phi) is 6.23. The molecule has 5 heteroatoms. The van der Waals surface area contributed by atoms with Crippen molar-refractivity contribution in [3.05, 3.63) is 10.6 Å². The molecule has 1 heterocycles. The molecular formula is C14H27N3OS. The number of anilines is 1. The molecule has 0 saturated carbocycles. The third kappa shape index (κ3) is 5.09. The van der Waals surface area contributed by atoms with E-state index in [1.54, 1.807) is 18.4 Å². The smallest absolute Gasteiger partial charge is 0.185 e. The number of ether oxygens (including phenoxy) is 1. The fourth-order valence-corrected chi connectivity index (χ4v) is 2.86. The Balaban J connectivity index is 2.88. The van der Waals surface area contributed by atoms with E-state index in [0.717, 1.165) is 30.5 Å². The number of hydrogen-bond donors (Lipinski definition) is 1. The molecule has 0 radical (unpaired) electrons. The molecule has 0 aromatic carbocycles. The molecule has 0 atom stereocenters. The maximum Gasteiger partial charge on any atom is 0.185 e. The van der Waals surface area contributed by atoms with Gasteiger partial charge < -0.3 is 15.0 Å². The van der Waals surface area contributed by atoms with E-state index in [1.807, 2.05) is 0 Å². The van der Waals surface area contributed by atoms with Crippen LogP contribution in [0.4, 0.5) is 5.13 Å². The lowest BCUT2D eigenvalue weighted by Gasteiger charge is -2.20. The highest BCUT2D eigenvalue weighted by atomic mass is 32.1.